The van der Waals surface area contributed by atoms with Crippen LogP contribution in [0.2, 0.25) is 0 Å². The van der Waals surface area contributed by atoms with Crippen molar-refractivity contribution in [3.8, 4) is 0 Å². The first-order valence-electron chi connectivity index (χ1n) is 1.94. The van der Waals surface area contributed by atoms with E-state index < -0.39 is 0 Å². The number of hydrogen-bond donors (Lipinski definition) is 0. The molecule has 0 unspecified atom stereocenters. The van der Waals surface area contributed by atoms with E-state index in [1.807, 2.05) is 10.0 Å². The minimum atomic E-state index is 0.247. The van der Waals surface area contributed by atoms with Gasteiger partial charge in [-0.3, -0.25) is 0 Å². The Labute approximate surface area is 47.9 Å². The average Bonchev–Trinajstić information content (AvgIpc) is 1.72. The molecular formula is C3H6AsOS. The molecule has 0 aromatic carbocycles. The Bertz CT molecular complexity index is 26.3. The van der Waals surface area contributed by atoms with Crippen molar-refractivity contribution in [3.05, 3.63) is 0 Å². The second kappa shape index (κ2) is 2.95. The molecule has 0 aliphatic carbocycles. The van der Waals surface area contributed by atoms with E-state index >= 15 is 0 Å². The van der Waals surface area contributed by atoms with Crippen LogP contribution in [0.5, 0.6) is 0 Å². The van der Waals surface area contributed by atoms with E-state index in [0.29, 0.717) is 0 Å². The molecule has 0 saturated carbocycles. The van der Waals surface area contributed by atoms with Gasteiger partial charge in [-0.1, -0.05) is 0 Å². The van der Waals surface area contributed by atoms with Crippen LogP contribution in [0.4, 0.5) is 0 Å². The van der Waals surface area contributed by atoms with Crippen molar-refractivity contribution in [3.63, 3.8) is 0 Å². The quantitative estimate of drug-likeness (QED) is 0.488. The fraction of sp³-hybridized carbons (Fsp3) is 1.00. The monoisotopic (exact) mass is 165 g/mol. The summed E-state index contributed by atoms with van der Waals surface area (Å²) in [6, 6.07) is 0. The van der Waals surface area contributed by atoms with Crippen molar-refractivity contribution < 1.29 is 3.73 Å². The summed E-state index contributed by atoms with van der Waals surface area (Å²) in [5.74, 6) is 1.33. The van der Waals surface area contributed by atoms with Gasteiger partial charge in [-0.05, 0) is 0 Å². The fourth-order valence-corrected chi connectivity index (χ4v) is 3.26. The van der Waals surface area contributed by atoms with Crippen LogP contribution < -0.4 is 0 Å². The van der Waals surface area contributed by atoms with Crippen LogP contribution in [0, 0.1) is 0 Å². The Morgan fingerprint density at radius 1 is 1.67 bits per heavy atom. The molecule has 3 heteroatoms. The zero-order valence-corrected chi connectivity index (χ0v) is 6.08. The molecule has 1 nitrogen and oxygen atoms in total. The van der Waals surface area contributed by atoms with Gasteiger partial charge in [-0.25, -0.2) is 0 Å². The normalized spacial score (nSPS) is 28.0. The van der Waals surface area contributed by atoms with Crippen LogP contribution in [0.15, 0.2) is 0 Å². The van der Waals surface area contributed by atoms with Gasteiger partial charge < -0.3 is 0 Å². The minimum absolute atomic E-state index is 0.247. The summed E-state index contributed by atoms with van der Waals surface area (Å²) in [4.78, 5) is 0. The van der Waals surface area contributed by atoms with Crippen molar-refractivity contribution in [1.29, 1.82) is 0 Å². The summed E-state index contributed by atoms with van der Waals surface area (Å²) in [5.41, 5.74) is 0. The molecule has 6 heavy (non-hydrogen) atoms. The first-order valence-corrected chi connectivity index (χ1v) is 5.95. The second-order valence-electron chi connectivity index (χ2n) is 1.09. The van der Waals surface area contributed by atoms with Crippen LogP contribution in [0.25, 0.3) is 0 Å². The van der Waals surface area contributed by atoms with Gasteiger partial charge in [0.2, 0.25) is 0 Å². The second-order valence-corrected chi connectivity index (χ2v) is 5.02. The Kier molecular flexibility index (Phi) is 2.46. The summed E-state index contributed by atoms with van der Waals surface area (Å²) in [5, 5.41) is 0. The van der Waals surface area contributed by atoms with E-state index in [9.17, 15) is 0 Å². The molecule has 1 aliphatic heterocycles. The molecule has 1 saturated heterocycles. The average molecular weight is 165 g/mol. The maximum atomic E-state index is 5.13. The zero-order chi connectivity index (χ0) is 4.24. The van der Waals surface area contributed by atoms with Crippen molar-refractivity contribution in [2.75, 3.05) is 12.4 Å². The Balaban J connectivity index is 2.00. The van der Waals surface area contributed by atoms with Crippen molar-refractivity contribution in [1.82, 2.24) is 0 Å². The predicted molar refractivity (Wildman–Crippen MR) is 28.8 cm³/mol. The van der Waals surface area contributed by atoms with E-state index in [1.165, 1.54) is 12.2 Å². The zero-order valence-electron chi connectivity index (χ0n) is 3.39. The molecule has 1 rings (SSSR count). The van der Waals surface area contributed by atoms with Crippen LogP contribution in [0.3, 0.4) is 0 Å². The summed E-state index contributed by atoms with van der Waals surface area (Å²) in [7, 11) is 1.97. The van der Waals surface area contributed by atoms with E-state index in [0.717, 1.165) is 6.61 Å². The topological polar surface area (TPSA) is 9.23 Å². The van der Waals surface area contributed by atoms with Gasteiger partial charge in [0.25, 0.3) is 0 Å². The molecule has 0 aromatic rings. The molecule has 1 radical (unpaired) electrons. The summed E-state index contributed by atoms with van der Waals surface area (Å²) < 4.78 is 5.13. The Morgan fingerprint density at radius 2 is 2.67 bits per heavy atom. The Hall–Kier alpha value is 0.868. The number of hydrogen-bond acceptors (Lipinski definition) is 2. The van der Waals surface area contributed by atoms with Crippen molar-refractivity contribution >= 4 is 25.0 Å². The van der Waals surface area contributed by atoms with Crippen LogP contribution >= 0.6 is 10.0 Å². The summed E-state index contributed by atoms with van der Waals surface area (Å²) >= 11 is 0.247. The van der Waals surface area contributed by atoms with Gasteiger partial charge in [-0.15, -0.1) is 0 Å². The molecular weight excluding hydrogens is 159 g/mol. The number of rotatable bonds is 0. The van der Waals surface area contributed by atoms with E-state index in [4.69, 9.17) is 3.73 Å². The molecule has 0 aromatic heterocycles. The fourth-order valence-electron chi connectivity index (χ4n) is 0.300. The van der Waals surface area contributed by atoms with Gasteiger partial charge in [0.1, 0.15) is 0 Å². The van der Waals surface area contributed by atoms with Gasteiger partial charge in [0, 0.05) is 0 Å². The SMILES string of the molecule is C1CO[As]SC1. The molecule has 35 valence electrons. The molecule has 1 fully saturated rings. The van der Waals surface area contributed by atoms with E-state index in [1.54, 1.807) is 0 Å². The predicted octanol–water partition coefficient (Wildman–Crippen LogP) is 0.674. The third-order valence-electron chi connectivity index (χ3n) is 0.577. The first-order chi connectivity index (χ1) is 3.00. The van der Waals surface area contributed by atoms with Gasteiger partial charge in [0.15, 0.2) is 0 Å². The van der Waals surface area contributed by atoms with E-state index in [2.05, 4.69) is 0 Å². The molecule has 1 aliphatic rings. The van der Waals surface area contributed by atoms with Crippen molar-refractivity contribution in [2.24, 2.45) is 0 Å². The molecule has 0 amide bonds. The van der Waals surface area contributed by atoms with Gasteiger partial charge >= 0.3 is 47.5 Å². The van der Waals surface area contributed by atoms with Crippen LogP contribution in [0.1, 0.15) is 6.42 Å². The molecule has 0 atom stereocenters. The standard InChI is InChI=1S/C3H6AsOS/c1-2-5-4-6-3-1/h1-3H2. The third-order valence-corrected chi connectivity index (χ3v) is 4.12. The molecule has 0 bridgehead atoms. The maximum absolute atomic E-state index is 5.13. The van der Waals surface area contributed by atoms with Crippen molar-refractivity contribution in [2.45, 2.75) is 6.42 Å². The van der Waals surface area contributed by atoms with Gasteiger partial charge in [-0.2, -0.15) is 0 Å². The molecule has 0 spiro atoms. The van der Waals surface area contributed by atoms with Gasteiger partial charge in [0.05, 0.1) is 0 Å². The third kappa shape index (κ3) is 1.54. The molecule has 1 heterocycles. The summed E-state index contributed by atoms with van der Waals surface area (Å²) in [6.45, 7) is 1.02. The summed E-state index contributed by atoms with van der Waals surface area (Å²) in [6.07, 6.45) is 1.26. The van der Waals surface area contributed by atoms with E-state index in [-0.39, 0.29) is 14.9 Å². The molecule has 0 N–H and O–H groups in total. The Morgan fingerprint density at radius 3 is 2.83 bits per heavy atom. The van der Waals surface area contributed by atoms with Crippen LogP contribution in [-0.4, -0.2) is 27.3 Å². The van der Waals surface area contributed by atoms with Crippen LogP contribution in [-0.2, 0) is 3.73 Å². The first kappa shape index (κ1) is 5.01.